The molecule has 0 atom stereocenters. The van der Waals surface area contributed by atoms with Gasteiger partial charge in [0.2, 0.25) is 0 Å². The summed E-state index contributed by atoms with van der Waals surface area (Å²) in [6.07, 6.45) is -1.95. The number of hydrogen-bond acceptors (Lipinski definition) is 4. The van der Waals surface area contributed by atoms with Crippen LogP contribution in [-0.4, -0.2) is 19.9 Å². The van der Waals surface area contributed by atoms with E-state index in [4.69, 9.17) is 4.74 Å². The third-order valence-electron chi connectivity index (χ3n) is 4.55. The van der Waals surface area contributed by atoms with Crippen molar-refractivity contribution in [3.05, 3.63) is 84.2 Å². The molecule has 0 bridgehead atoms. The fraction of sp³-hybridized carbons (Fsp3) is 0.261. The zero-order chi connectivity index (χ0) is 23.4. The molecule has 0 spiro atoms. The lowest BCUT2D eigenvalue weighted by molar-refractivity contribution is -0.137. The molecule has 2 aromatic carbocycles. The number of sulfonamides is 1. The Morgan fingerprint density at radius 1 is 1.03 bits per heavy atom. The lowest BCUT2D eigenvalue weighted by Gasteiger charge is -2.28. The maximum atomic E-state index is 13.4. The van der Waals surface area contributed by atoms with Gasteiger partial charge in [0.15, 0.2) is 0 Å². The summed E-state index contributed by atoms with van der Waals surface area (Å²) in [4.78, 5) is 3.80. The Balaban J connectivity index is 2.10. The third kappa shape index (κ3) is 5.59. The summed E-state index contributed by atoms with van der Waals surface area (Å²) < 4.78 is 73.7. The number of hydrogen-bond donors (Lipinski definition) is 0. The molecule has 0 N–H and O–H groups in total. The van der Waals surface area contributed by atoms with E-state index in [1.54, 1.807) is 24.3 Å². The number of benzene rings is 2. The smallest absolute Gasteiger partial charge is 0.416 e. The van der Waals surface area contributed by atoms with Crippen LogP contribution in [0.5, 0.6) is 5.75 Å². The molecule has 9 heteroatoms. The van der Waals surface area contributed by atoms with Gasteiger partial charge in [-0.05, 0) is 41.8 Å². The van der Waals surface area contributed by atoms with Gasteiger partial charge < -0.3 is 4.74 Å². The van der Waals surface area contributed by atoms with Crippen LogP contribution in [0.15, 0.2) is 78.0 Å². The normalized spacial score (nSPS) is 12.1. The highest BCUT2D eigenvalue weighted by atomic mass is 32.2. The minimum absolute atomic E-state index is 0.0163. The summed E-state index contributed by atoms with van der Waals surface area (Å²) in [5, 5.41) is 0. The fourth-order valence-corrected chi connectivity index (χ4v) is 4.64. The zero-order valence-corrected chi connectivity index (χ0v) is 18.4. The largest absolute Gasteiger partial charge is 0.487 e. The van der Waals surface area contributed by atoms with Crippen molar-refractivity contribution in [1.82, 2.24) is 4.98 Å². The molecule has 0 amide bonds. The predicted molar refractivity (Wildman–Crippen MR) is 116 cm³/mol. The van der Waals surface area contributed by atoms with Crippen molar-refractivity contribution in [3.63, 3.8) is 0 Å². The Kier molecular flexibility index (Phi) is 7.08. The standard InChI is InChI=1S/C23H23F3N2O3S/c1-17(2)15-28(32(29,30)20-9-6-12-27-14-20)21-11-10-19(23(24,25)26)13-22(21)31-16-18-7-4-3-5-8-18/h3-14,17H,15-16H2,1-2H3. The molecule has 1 aromatic heterocycles. The number of pyridine rings is 1. The number of rotatable bonds is 8. The lowest BCUT2D eigenvalue weighted by atomic mass is 10.1. The average molecular weight is 465 g/mol. The molecule has 0 unspecified atom stereocenters. The molecule has 0 aliphatic carbocycles. The number of aromatic nitrogens is 1. The summed E-state index contributed by atoms with van der Waals surface area (Å²) in [5.41, 5.74) is -0.152. The topological polar surface area (TPSA) is 59.5 Å². The summed E-state index contributed by atoms with van der Waals surface area (Å²) in [7, 11) is -4.09. The molecule has 0 saturated carbocycles. The highest BCUT2D eigenvalue weighted by Gasteiger charge is 2.34. The van der Waals surface area contributed by atoms with Crippen molar-refractivity contribution in [2.75, 3.05) is 10.8 Å². The maximum absolute atomic E-state index is 13.4. The van der Waals surface area contributed by atoms with Crippen LogP contribution in [0.4, 0.5) is 18.9 Å². The first-order valence-electron chi connectivity index (χ1n) is 9.90. The van der Waals surface area contributed by atoms with Gasteiger partial charge in [-0.25, -0.2) is 8.42 Å². The van der Waals surface area contributed by atoms with E-state index in [0.29, 0.717) is 0 Å². The molecule has 1 heterocycles. The highest BCUT2D eigenvalue weighted by Crippen LogP contribution is 2.39. The van der Waals surface area contributed by atoms with Crippen molar-refractivity contribution < 1.29 is 26.3 Å². The average Bonchev–Trinajstić information content (AvgIpc) is 2.76. The van der Waals surface area contributed by atoms with Gasteiger partial charge in [-0.3, -0.25) is 9.29 Å². The number of anilines is 1. The lowest BCUT2D eigenvalue weighted by Crippen LogP contribution is -2.34. The van der Waals surface area contributed by atoms with Crippen LogP contribution in [0.2, 0.25) is 0 Å². The number of halogens is 3. The SMILES string of the molecule is CC(C)CN(c1ccc(C(F)(F)F)cc1OCc1ccccc1)S(=O)(=O)c1cccnc1. The van der Waals surface area contributed by atoms with Gasteiger partial charge in [0.05, 0.1) is 11.3 Å². The summed E-state index contributed by atoms with van der Waals surface area (Å²) in [6.45, 7) is 3.67. The van der Waals surface area contributed by atoms with Gasteiger partial charge in [0, 0.05) is 18.9 Å². The van der Waals surface area contributed by atoms with Crippen molar-refractivity contribution in [2.45, 2.75) is 31.5 Å². The molecule has 0 aliphatic heterocycles. The second-order valence-corrected chi connectivity index (χ2v) is 9.44. The van der Waals surface area contributed by atoms with E-state index in [9.17, 15) is 21.6 Å². The van der Waals surface area contributed by atoms with Gasteiger partial charge in [-0.1, -0.05) is 44.2 Å². The maximum Gasteiger partial charge on any atom is 0.416 e. The van der Waals surface area contributed by atoms with Crippen LogP contribution in [0, 0.1) is 5.92 Å². The van der Waals surface area contributed by atoms with Gasteiger partial charge in [0.1, 0.15) is 17.3 Å². The van der Waals surface area contributed by atoms with Crippen molar-refractivity contribution in [3.8, 4) is 5.75 Å². The molecule has 5 nitrogen and oxygen atoms in total. The number of nitrogens with zero attached hydrogens (tertiary/aromatic N) is 2. The summed E-state index contributed by atoms with van der Waals surface area (Å²) >= 11 is 0. The Hall–Kier alpha value is -3.07. The van der Waals surface area contributed by atoms with E-state index in [2.05, 4.69) is 4.98 Å². The molecule has 0 radical (unpaired) electrons. The first-order chi connectivity index (χ1) is 15.1. The molecular formula is C23H23F3N2O3S. The first-order valence-corrected chi connectivity index (χ1v) is 11.3. The Morgan fingerprint density at radius 2 is 1.75 bits per heavy atom. The molecule has 32 heavy (non-hydrogen) atoms. The van der Waals surface area contributed by atoms with Gasteiger partial charge >= 0.3 is 6.18 Å². The van der Waals surface area contributed by atoms with Gasteiger partial charge in [-0.2, -0.15) is 13.2 Å². The predicted octanol–water partition coefficient (Wildman–Crippen LogP) is 5.53. The van der Waals surface area contributed by atoms with Crippen LogP contribution in [-0.2, 0) is 22.8 Å². The fourth-order valence-electron chi connectivity index (χ4n) is 3.03. The highest BCUT2D eigenvalue weighted by molar-refractivity contribution is 7.92. The van der Waals surface area contributed by atoms with Crippen molar-refractivity contribution in [1.29, 1.82) is 0 Å². The second-order valence-electron chi connectivity index (χ2n) is 7.57. The van der Waals surface area contributed by atoms with E-state index in [1.165, 1.54) is 24.5 Å². The molecule has 0 fully saturated rings. The van der Waals surface area contributed by atoms with Crippen LogP contribution < -0.4 is 9.04 Å². The third-order valence-corrected chi connectivity index (χ3v) is 6.31. The first kappa shape index (κ1) is 23.6. The Bertz CT molecular complexity index is 1140. The van der Waals surface area contributed by atoms with Gasteiger partial charge in [-0.15, -0.1) is 0 Å². The van der Waals surface area contributed by atoms with E-state index < -0.39 is 21.8 Å². The van der Waals surface area contributed by atoms with Crippen molar-refractivity contribution >= 4 is 15.7 Å². The molecular weight excluding hydrogens is 441 g/mol. The molecule has 0 aliphatic rings. The minimum atomic E-state index is -4.60. The van der Waals surface area contributed by atoms with Crippen LogP contribution in [0.25, 0.3) is 0 Å². The Labute approximate surface area is 185 Å². The van der Waals surface area contributed by atoms with Crippen molar-refractivity contribution in [2.24, 2.45) is 5.92 Å². The van der Waals surface area contributed by atoms with Crippen LogP contribution in [0.3, 0.4) is 0 Å². The summed E-state index contributed by atoms with van der Waals surface area (Å²) in [6, 6.07) is 14.6. The monoisotopic (exact) mass is 464 g/mol. The Morgan fingerprint density at radius 3 is 2.34 bits per heavy atom. The quantitative estimate of drug-likeness (QED) is 0.440. The molecule has 3 aromatic rings. The van der Waals surface area contributed by atoms with Crippen LogP contribution in [0.1, 0.15) is 25.0 Å². The summed E-state index contributed by atoms with van der Waals surface area (Å²) in [5.74, 6) is -0.275. The minimum Gasteiger partial charge on any atom is -0.487 e. The molecule has 3 rings (SSSR count). The van der Waals surface area contributed by atoms with Gasteiger partial charge in [0.25, 0.3) is 10.0 Å². The second kappa shape index (κ2) is 9.60. The molecule has 0 saturated heterocycles. The number of ether oxygens (including phenoxy) is 1. The number of alkyl halides is 3. The van der Waals surface area contributed by atoms with E-state index in [0.717, 1.165) is 28.1 Å². The van der Waals surface area contributed by atoms with E-state index >= 15 is 0 Å². The van der Waals surface area contributed by atoms with E-state index in [-0.39, 0.29) is 35.4 Å². The van der Waals surface area contributed by atoms with E-state index in [1.807, 2.05) is 19.9 Å². The molecule has 170 valence electrons. The zero-order valence-electron chi connectivity index (χ0n) is 17.6. The van der Waals surface area contributed by atoms with Crippen LogP contribution >= 0.6 is 0 Å².